The van der Waals surface area contributed by atoms with Crippen molar-refractivity contribution in [1.29, 1.82) is 0 Å². The summed E-state index contributed by atoms with van der Waals surface area (Å²) in [5, 5.41) is 7.08. The molecule has 1 saturated heterocycles. The van der Waals surface area contributed by atoms with E-state index in [1.165, 1.54) is 18.4 Å². The quantitative estimate of drug-likeness (QED) is 0.778. The number of pyridine rings is 1. The average Bonchev–Trinajstić information content (AvgIpc) is 3.18. The molecule has 0 bridgehead atoms. The number of hydrogen-bond acceptors (Lipinski definition) is 6. The van der Waals surface area contributed by atoms with E-state index in [0.717, 1.165) is 61.7 Å². The number of hydrogen-bond donors (Lipinski definition) is 2. The molecular weight excluding hydrogens is 352 g/mol. The molecule has 148 valence electrons. The van der Waals surface area contributed by atoms with Gasteiger partial charge in [-0.05, 0) is 49.4 Å². The number of methoxy groups -OCH3 is 1. The molecule has 1 aromatic heterocycles. The first-order valence-corrected chi connectivity index (χ1v) is 10.1. The molecule has 0 saturated carbocycles. The summed E-state index contributed by atoms with van der Waals surface area (Å²) in [4.78, 5) is 18.8. The number of carbonyl (C=O) groups excluding carboxylic acids is 1. The highest BCUT2D eigenvalue weighted by Crippen LogP contribution is 2.33. The zero-order valence-electron chi connectivity index (χ0n) is 16.6. The van der Waals surface area contributed by atoms with E-state index in [9.17, 15) is 4.79 Å². The van der Waals surface area contributed by atoms with Crippen LogP contribution in [0.2, 0.25) is 0 Å². The SMILES string of the molecule is COC(=O)Cc1ccc(Nc2cc(N3CCN[C@H](C)C3)nc3c2CCC3)cc1. The van der Waals surface area contributed by atoms with Crippen molar-refractivity contribution in [3.63, 3.8) is 0 Å². The smallest absolute Gasteiger partial charge is 0.309 e. The van der Waals surface area contributed by atoms with Crippen LogP contribution in [0.4, 0.5) is 17.2 Å². The van der Waals surface area contributed by atoms with E-state index >= 15 is 0 Å². The van der Waals surface area contributed by atoms with Crippen LogP contribution in [0.3, 0.4) is 0 Å². The van der Waals surface area contributed by atoms with Gasteiger partial charge in [0.05, 0.1) is 13.5 Å². The fraction of sp³-hybridized carbons (Fsp3) is 0.455. The molecule has 0 radical (unpaired) electrons. The van der Waals surface area contributed by atoms with E-state index in [-0.39, 0.29) is 5.97 Å². The number of anilines is 3. The van der Waals surface area contributed by atoms with Gasteiger partial charge < -0.3 is 20.3 Å². The number of carbonyl (C=O) groups is 1. The highest BCUT2D eigenvalue weighted by atomic mass is 16.5. The molecule has 0 spiro atoms. The number of esters is 1. The molecule has 1 aromatic carbocycles. The maximum atomic E-state index is 11.4. The van der Waals surface area contributed by atoms with Gasteiger partial charge in [0.2, 0.25) is 0 Å². The molecule has 1 fully saturated rings. The molecule has 1 atom stereocenters. The molecule has 28 heavy (non-hydrogen) atoms. The van der Waals surface area contributed by atoms with Crippen LogP contribution in [0.25, 0.3) is 0 Å². The minimum absolute atomic E-state index is 0.220. The van der Waals surface area contributed by atoms with Gasteiger partial charge in [-0.15, -0.1) is 0 Å². The zero-order chi connectivity index (χ0) is 19.5. The fourth-order valence-electron chi connectivity index (χ4n) is 4.04. The topological polar surface area (TPSA) is 66.5 Å². The minimum Gasteiger partial charge on any atom is -0.469 e. The molecule has 2 aliphatic rings. The van der Waals surface area contributed by atoms with E-state index in [1.54, 1.807) is 0 Å². The van der Waals surface area contributed by atoms with E-state index in [4.69, 9.17) is 9.72 Å². The van der Waals surface area contributed by atoms with Crippen LogP contribution in [0, 0.1) is 0 Å². The Balaban J connectivity index is 1.56. The summed E-state index contributed by atoms with van der Waals surface area (Å²) < 4.78 is 4.74. The van der Waals surface area contributed by atoms with Crippen molar-refractivity contribution in [2.75, 3.05) is 37.0 Å². The third-order valence-corrected chi connectivity index (χ3v) is 5.54. The Morgan fingerprint density at radius 1 is 1.32 bits per heavy atom. The van der Waals surface area contributed by atoms with E-state index < -0.39 is 0 Å². The van der Waals surface area contributed by atoms with Crippen molar-refractivity contribution >= 4 is 23.2 Å². The fourth-order valence-corrected chi connectivity index (χ4v) is 4.04. The number of aromatic nitrogens is 1. The highest BCUT2D eigenvalue weighted by molar-refractivity contribution is 5.73. The van der Waals surface area contributed by atoms with Gasteiger partial charge in [0.25, 0.3) is 0 Å². The van der Waals surface area contributed by atoms with Crippen LogP contribution >= 0.6 is 0 Å². The number of ether oxygens (including phenoxy) is 1. The molecule has 2 heterocycles. The predicted octanol–water partition coefficient (Wildman–Crippen LogP) is 2.83. The summed E-state index contributed by atoms with van der Waals surface area (Å²) in [5.41, 5.74) is 5.70. The molecular formula is C22H28N4O2. The molecule has 6 heteroatoms. The number of benzene rings is 1. The van der Waals surface area contributed by atoms with Gasteiger partial charge in [-0.3, -0.25) is 4.79 Å². The lowest BCUT2D eigenvalue weighted by atomic mass is 10.1. The van der Waals surface area contributed by atoms with Gasteiger partial charge in [0.15, 0.2) is 0 Å². The summed E-state index contributed by atoms with van der Waals surface area (Å²) in [7, 11) is 1.42. The highest BCUT2D eigenvalue weighted by Gasteiger charge is 2.22. The summed E-state index contributed by atoms with van der Waals surface area (Å²) in [5.74, 6) is 0.848. The van der Waals surface area contributed by atoms with E-state index in [1.807, 2.05) is 24.3 Å². The van der Waals surface area contributed by atoms with Crippen molar-refractivity contribution in [2.24, 2.45) is 0 Å². The number of fused-ring (bicyclic) bond motifs is 1. The molecule has 2 N–H and O–H groups in total. The van der Waals surface area contributed by atoms with E-state index in [0.29, 0.717) is 12.5 Å². The Morgan fingerprint density at radius 3 is 2.89 bits per heavy atom. The van der Waals surface area contributed by atoms with Crippen molar-refractivity contribution in [3.05, 3.63) is 47.2 Å². The van der Waals surface area contributed by atoms with Gasteiger partial charge >= 0.3 is 5.97 Å². The van der Waals surface area contributed by atoms with Crippen LogP contribution in [-0.4, -0.2) is 43.7 Å². The lowest BCUT2D eigenvalue weighted by Crippen LogP contribution is -2.49. The van der Waals surface area contributed by atoms with Gasteiger partial charge in [0.1, 0.15) is 5.82 Å². The second kappa shape index (κ2) is 8.19. The lowest BCUT2D eigenvalue weighted by molar-refractivity contribution is -0.139. The first kappa shape index (κ1) is 18.7. The number of nitrogens with zero attached hydrogens (tertiary/aromatic N) is 2. The predicted molar refractivity (Wildman–Crippen MR) is 111 cm³/mol. The Bertz CT molecular complexity index is 850. The number of rotatable bonds is 5. The van der Waals surface area contributed by atoms with Crippen LogP contribution in [0.5, 0.6) is 0 Å². The van der Waals surface area contributed by atoms with E-state index in [2.05, 4.69) is 28.5 Å². The standard InChI is InChI=1S/C22H28N4O2/c1-15-14-26(11-10-23-15)21-13-20(18-4-3-5-19(18)25-21)24-17-8-6-16(7-9-17)12-22(27)28-2/h6-9,13,15,23H,3-5,10-12,14H2,1-2H3,(H,24,25)/t15-/m1/s1. The van der Waals surface area contributed by atoms with Crippen molar-refractivity contribution in [1.82, 2.24) is 10.3 Å². The zero-order valence-corrected chi connectivity index (χ0v) is 16.6. The molecule has 1 aliphatic heterocycles. The third-order valence-electron chi connectivity index (χ3n) is 5.54. The maximum Gasteiger partial charge on any atom is 0.309 e. The second-order valence-corrected chi connectivity index (χ2v) is 7.68. The van der Waals surface area contributed by atoms with Crippen molar-refractivity contribution in [2.45, 2.75) is 38.6 Å². The first-order valence-electron chi connectivity index (χ1n) is 10.1. The van der Waals surface area contributed by atoms with Crippen LogP contribution in [0.1, 0.15) is 30.2 Å². The average molecular weight is 380 g/mol. The molecule has 2 aromatic rings. The van der Waals surface area contributed by atoms with Gasteiger partial charge in [-0.1, -0.05) is 12.1 Å². The van der Waals surface area contributed by atoms with Crippen LogP contribution < -0.4 is 15.5 Å². The Kier molecular flexibility index (Phi) is 5.48. The third kappa shape index (κ3) is 4.12. The number of piperazine rings is 1. The first-order chi connectivity index (χ1) is 13.6. The van der Waals surface area contributed by atoms with Crippen LogP contribution in [-0.2, 0) is 28.8 Å². The molecule has 0 amide bonds. The Morgan fingerprint density at radius 2 is 2.14 bits per heavy atom. The lowest BCUT2D eigenvalue weighted by Gasteiger charge is -2.33. The minimum atomic E-state index is -0.220. The largest absolute Gasteiger partial charge is 0.469 e. The Hall–Kier alpha value is -2.60. The molecule has 0 unspecified atom stereocenters. The summed E-state index contributed by atoms with van der Waals surface area (Å²) >= 11 is 0. The summed E-state index contributed by atoms with van der Waals surface area (Å²) in [6.07, 6.45) is 3.59. The molecule has 1 aliphatic carbocycles. The molecule has 6 nitrogen and oxygen atoms in total. The normalized spacial score (nSPS) is 18.6. The summed E-state index contributed by atoms with van der Waals surface area (Å²) in [6, 6.07) is 10.7. The number of aryl methyl sites for hydroxylation is 1. The monoisotopic (exact) mass is 380 g/mol. The van der Waals surface area contributed by atoms with Crippen molar-refractivity contribution in [3.8, 4) is 0 Å². The Labute approximate surface area is 166 Å². The van der Waals surface area contributed by atoms with Gasteiger partial charge in [0, 0.05) is 48.8 Å². The maximum absolute atomic E-state index is 11.4. The summed E-state index contributed by atoms with van der Waals surface area (Å²) in [6.45, 7) is 5.17. The second-order valence-electron chi connectivity index (χ2n) is 7.68. The number of nitrogens with one attached hydrogen (secondary N) is 2. The molecule has 4 rings (SSSR count). The van der Waals surface area contributed by atoms with Crippen LogP contribution in [0.15, 0.2) is 30.3 Å². The van der Waals surface area contributed by atoms with Gasteiger partial charge in [-0.25, -0.2) is 4.98 Å². The van der Waals surface area contributed by atoms with Crippen molar-refractivity contribution < 1.29 is 9.53 Å². The van der Waals surface area contributed by atoms with Gasteiger partial charge in [-0.2, -0.15) is 0 Å².